The maximum absolute atomic E-state index is 12.5. The van der Waals surface area contributed by atoms with E-state index in [0.717, 1.165) is 16.7 Å². The quantitative estimate of drug-likeness (QED) is 0.777. The number of nitrogens with one attached hydrogen (secondary N) is 1. The molecule has 0 radical (unpaired) electrons. The van der Waals surface area contributed by atoms with E-state index in [0.29, 0.717) is 6.42 Å². The summed E-state index contributed by atoms with van der Waals surface area (Å²) in [4.78, 5) is 16.7. The van der Waals surface area contributed by atoms with Crippen molar-refractivity contribution in [3.63, 3.8) is 0 Å². The monoisotopic (exact) mass is 316 g/mol. The predicted octanol–water partition coefficient (Wildman–Crippen LogP) is 3.84. The first-order chi connectivity index (χ1) is 11.7. The summed E-state index contributed by atoms with van der Waals surface area (Å²) in [5.74, 6) is -0.00405. The van der Waals surface area contributed by atoms with Crippen LogP contribution >= 0.6 is 0 Å². The third kappa shape index (κ3) is 4.07. The van der Waals surface area contributed by atoms with Gasteiger partial charge in [0, 0.05) is 12.4 Å². The molecule has 0 saturated heterocycles. The van der Waals surface area contributed by atoms with Crippen LogP contribution < -0.4 is 5.32 Å². The second-order valence-electron chi connectivity index (χ2n) is 5.86. The zero-order valence-corrected chi connectivity index (χ0v) is 13.6. The molecule has 120 valence electrons. The van der Waals surface area contributed by atoms with E-state index < -0.39 is 0 Å². The molecule has 1 aromatic heterocycles. The molecule has 3 aromatic rings. The lowest BCUT2D eigenvalue weighted by molar-refractivity contribution is -0.120. The molecule has 1 N–H and O–H groups in total. The second kappa shape index (κ2) is 7.55. The van der Waals surface area contributed by atoms with E-state index in [1.165, 1.54) is 5.56 Å². The molecule has 3 nitrogen and oxygen atoms in total. The van der Waals surface area contributed by atoms with Gasteiger partial charge in [0.25, 0.3) is 0 Å². The first-order valence-corrected chi connectivity index (χ1v) is 8.02. The topological polar surface area (TPSA) is 42.0 Å². The van der Waals surface area contributed by atoms with E-state index in [4.69, 9.17) is 0 Å². The Labute approximate surface area is 142 Å². The molecule has 0 unspecified atom stereocenters. The van der Waals surface area contributed by atoms with Gasteiger partial charge in [-0.1, -0.05) is 66.2 Å². The molecule has 0 bridgehead atoms. The third-order valence-corrected chi connectivity index (χ3v) is 3.94. The minimum atomic E-state index is -0.199. The summed E-state index contributed by atoms with van der Waals surface area (Å²) in [6, 6.07) is 21.7. The Balaban J connectivity index is 1.82. The Hall–Kier alpha value is -2.94. The molecule has 2 aromatic carbocycles. The van der Waals surface area contributed by atoms with Crippen molar-refractivity contribution in [1.82, 2.24) is 10.3 Å². The summed E-state index contributed by atoms with van der Waals surface area (Å²) in [5, 5.41) is 3.14. The van der Waals surface area contributed by atoms with E-state index in [1.54, 1.807) is 12.4 Å². The van der Waals surface area contributed by atoms with Crippen LogP contribution in [-0.4, -0.2) is 10.9 Å². The van der Waals surface area contributed by atoms with E-state index in [1.807, 2.05) is 42.5 Å². The van der Waals surface area contributed by atoms with Gasteiger partial charge in [0.2, 0.25) is 5.91 Å². The molecule has 0 aliphatic heterocycles. The van der Waals surface area contributed by atoms with Gasteiger partial charge in [-0.05, 0) is 29.7 Å². The van der Waals surface area contributed by atoms with Gasteiger partial charge in [-0.15, -0.1) is 0 Å². The minimum Gasteiger partial charge on any atom is -0.345 e. The van der Waals surface area contributed by atoms with E-state index in [9.17, 15) is 4.79 Å². The highest BCUT2D eigenvalue weighted by Gasteiger charge is 2.17. The predicted molar refractivity (Wildman–Crippen MR) is 95.5 cm³/mol. The Morgan fingerprint density at radius 1 is 0.958 bits per heavy atom. The van der Waals surface area contributed by atoms with Gasteiger partial charge in [-0.25, -0.2) is 0 Å². The van der Waals surface area contributed by atoms with Crippen LogP contribution in [0.25, 0.3) is 0 Å². The highest BCUT2D eigenvalue weighted by molar-refractivity contribution is 5.79. The SMILES string of the molecule is Cc1ccc([C@H](NC(=O)Cc2ccccc2)c2cccnc2)cc1. The van der Waals surface area contributed by atoms with Crippen molar-refractivity contribution in [2.45, 2.75) is 19.4 Å². The van der Waals surface area contributed by atoms with Crippen molar-refractivity contribution in [2.24, 2.45) is 0 Å². The Bertz CT molecular complexity index is 783. The van der Waals surface area contributed by atoms with Crippen LogP contribution in [0.5, 0.6) is 0 Å². The summed E-state index contributed by atoms with van der Waals surface area (Å²) in [6.45, 7) is 2.05. The Morgan fingerprint density at radius 2 is 1.71 bits per heavy atom. The number of carbonyl (C=O) groups is 1. The highest BCUT2D eigenvalue weighted by atomic mass is 16.1. The number of carbonyl (C=O) groups excluding carboxylic acids is 1. The van der Waals surface area contributed by atoms with Crippen LogP contribution in [0.4, 0.5) is 0 Å². The highest BCUT2D eigenvalue weighted by Crippen LogP contribution is 2.22. The van der Waals surface area contributed by atoms with E-state index in [-0.39, 0.29) is 11.9 Å². The number of rotatable bonds is 5. The fourth-order valence-electron chi connectivity index (χ4n) is 2.66. The number of aryl methyl sites for hydroxylation is 1. The number of amides is 1. The van der Waals surface area contributed by atoms with Crippen LogP contribution in [0, 0.1) is 6.92 Å². The molecule has 1 heterocycles. The van der Waals surface area contributed by atoms with Gasteiger partial charge in [0.1, 0.15) is 0 Å². The van der Waals surface area contributed by atoms with Gasteiger partial charge in [0.15, 0.2) is 0 Å². The van der Waals surface area contributed by atoms with Crippen molar-refractivity contribution in [3.05, 3.63) is 101 Å². The second-order valence-corrected chi connectivity index (χ2v) is 5.86. The number of pyridine rings is 1. The number of aromatic nitrogens is 1. The van der Waals surface area contributed by atoms with Gasteiger partial charge in [0.05, 0.1) is 12.5 Å². The molecule has 0 fully saturated rings. The number of nitrogens with zero attached hydrogens (tertiary/aromatic N) is 1. The van der Waals surface area contributed by atoms with Crippen molar-refractivity contribution in [2.75, 3.05) is 0 Å². The molecule has 0 aliphatic carbocycles. The van der Waals surface area contributed by atoms with Crippen LogP contribution in [-0.2, 0) is 11.2 Å². The molecule has 24 heavy (non-hydrogen) atoms. The van der Waals surface area contributed by atoms with Crippen LogP contribution in [0.1, 0.15) is 28.3 Å². The molecular weight excluding hydrogens is 296 g/mol. The smallest absolute Gasteiger partial charge is 0.225 e. The third-order valence-electron chi connectivity index (χ3n) is 3.94. The zero-order valence-electron chi connectivity index (χ0n) is 13.6. The van der Waals surface area contributed by atoms with Crippen LogP contribution in [0.3, 0.4) is 0 Å². The fraction of sp³-hybridized carbons (Fsp3) is 0.143. The van der Waals surface area contributed by atoms with Crippen molar-refractivity contribution < 1.29 is 4.79 Å². The fourth-order valence-corrected chi connectivity index (χ4v) is 2.66. The van der Waals surface area contributed by atoms with Gasteiger partial charge >= 0.3 is 0 Å². The van der Waals surface area contributed by atoms with Crippen molar-refractivity contribution in [1.29, 1.82) is 0 Å². The normalized spacial score (nSPS) is 11.7. The molecular formula is C21H20N2O. The summed E-state index contributed by atoms with van der Waals surface area (Å²) in [7, 11) is 0. The first kappa shape index (κ1) is 15.9. The molecule has 0 saturated carbocycles. The Kier molecular flexibility index (Phi) is 5.02. The Morgan fingerprint density at radius 3 is 2.38 bits per heavy atom. The van der Waals surface area contributed by atoms with Crippen molar-refractivity contribution >= 4 is 5.91 Å². The van der Waals surface area contributed by atoms with Gasteiger partial charge in [-0.2, -0.15) is 0 Å². The maximum atomic E-state index is 12.5. The van der Waals surface area contributed by atoms with E-state index >= 15 is 0 Å². The average molecular weight is 316 g/mol. The first-order valence-electron chi connectivity index (χ1n) is 8.02. The minimum absolute atomic E-state index is 0.00405. The largest absolute Gasteiger partial charge is 0.345 e. The summed E-state index contributed by atoms with van der Waals surface area (Å²) in [5.41, 5.74) is 4.22. The number of benzene rings is 2. The van der Waals surface area contributed by atoms with Gasteiger partial charge < -0.3 is 5.32 Å². The molecule has 1 amide bonds. The maximum Gasteiger partial charge on any atom is 0.225 e. The van der Waals surface area contributed by atoms with Crippen LogP contribution in [0.15, 0.2) is 79.1 Å². The molecule has 0 aliphatic rings. The molecule has 0 spiro atoms. The zero-order chi connectivity index (χ0) is 16.8. The lowest BCUT2D eigenvalue weighted by Crippen LogP contribution is -2.30. The van der Waals surface area contributed by atoms with Crippen LogP contribution in [0.2, 0.25) is 0 Å². The lowest BCUT2D eigenvalue weighted by atomic mass is 9.98. The average Bonchev–Trinajstić information content (AvgIpc) is 2.62. The number of hydrogen-bond donors (Lipinski definition) is 1. The summed E-state index contributed by atoms with van der Waals surface area (Å²) >= 11 is 0. The molecule has 3 rings (SSSR count). The molecule has 3 heteroatoms. The standard InChI is InChI=1S/C21H20N2O/c1-16-9-11-18(12-10-16)21(19-8-5-13-22-15-19)23-20(24)14-17-6-3-2-4-7-17/h2-13,15,21H,14H2,1H3,(H,23,24)/t21-/m0/s1. The molecule has 1 atom stereocenters. The van der Waals surface area contributed by atoms with Gasteiger partial charge in [-0.3, -0.25) is 9.78 Å². The summed E-state index contributed by atoms with van der Waals surface area (Å²) < 4.78 is 0. The van der Waals surface area contributed by atoms with Crippen molar-refractivity contribution in [3.8, 4) is 0 Å². The lowest BCUT2D eigenvalue weighted by Gasteiger charge is -2.20. The number of hydrogen-bond acceptors (Lipinski definition) is 2. The summed E-state index contributed by atoms with van der Waals surface area (Å²) in [6.07, 6.45) is 3.90. The van der Waals surface area contributed by atoms with E-state index in [2.05, 4.69) is 41.5 Å².